The highest BCUT2D eigenvalue weighted by atomic mass is 15.2. The van der Waals surface area contributed by atoms with Crippen molar-refractivity contribution >= 4 is 0 Å². The molecule has 0 spiro atoms. The Balaban J connectivity index is 1.95. The molecule has 0 radical (unpaired) electrons. The number of hydrogen-bond acceptors (Lipinski definition) is 4. The minimum absolute atomic E-state index is 0.0772. The molecule has 0 unspecified atom stereocenters. The summed E-state index contributed by atoms with van der Waals surface area (Å²) in [5.41, 5.74) is 3.43. The summed E-state index contributed by atoms with van der Waals surface area (Å²) in [5, 5.41) is 7.53. The van der Waals surface area contributed by atoms with Gasteiger partial charge in [0, 0.05) is 48.1 Å². The molecule has 0 aliphatic heterocycles. The van der Waals surface area contributed by atoms with Gasteiger partial charge in [0.2, 0.25) is 0 Å². The molecule has 0 bridgehead atoms. The second kappa shape index (κ2) is 6.57. The molecule has 0 aliphatic rings. The lowest BCUT2D eigenvalue weighted by Crippen LogP contribution is -2.18. The predicted molar refractivity (Wildman–Crippen MR) is 88.6 cm³/mol. The standard InChI is InChI=1S/C17H27N5/c1-12(2)16-18-8-13(9-19-16)10-22(6)11-14-7-15(21-20-14)17(3,4)5/h7-9,12H,10-11H2,1-6H3,(H,20,21). The van der Waals surface area contributed by atoms with Gasteiger partial charge in [-0.25, -0.2) is 9.97 Å². The van der Waals surface area contributed by atoms with Gasteiger partial charge in [-0.15, -0.1) is 0 Å². The van der Waals surface area contributed by atoms with Gasteiger partial charge >= 0.3 is 0 Å². The molecule has 0 saturated carbocycles. The quantitative estimate of drug-likeness (QED) is 0.921. The Morgan fingerprint density at radius 3 is 2.27 bits per heavy atom. The van der Waals surface area contributed by atoms with Gasteiger partial charge in [-0.2, -0.15) is 5.10 Å². The summed E-state index contributed by atoms with van der Waals surface area (Å²) < 4.78 is 0. The maximum atomic E-state index is 4.42. The van der Waals surface area contributed by atoms with Crippen LogP contribution in [0.2, 0.25) is 0 Å². The van der Waals surface area contributed by atoms with Crippen LogP contribution in [0, 0.1) is 0 Å². The van der Waals surface area contributed by atoms with Crippen molar-refractivity contribution < 1.29 is 0 Å². The first-order valence-corrected chi connectivity index (χ1v) is 7.80. The minimum atomic E-state index is 0.0772. The first-order valence-electron chi connectivity index (χ1n) is 7.80. The average molecular weight is 301 g/mol. The van der Waals surface area contributed by atoms with E-state index in [0.29, 0.717) is 5.92 Å². The lowest BCUT2D eigenvalue weighted by atomic mass is 9.92. The molecule has 0 fully saturated rings. The van der Waals surface area contributed by atoms with Crippen LogP contribution in [0.3, 0.4) is 0 Å². The zero-order chi connectivity index (χ0) is 16.3. The van der Waals surface area contributed by atoms with Crippen LogP contribution < -0.4 is 0 Å². The van der Waals surface area contributed by atoms with E-state index >= 15 is 0 Å². The number of hydrogen-bond donors (Lipinski definition) is 1. The molecule has 5 nitrogen and oxygen atoms in total. The summed E-state index contributed by atoms with van der Waals surface area (Å²) in [5.74, 6) is 1.27. The highest BCUT2D eigenvalue weighted by Gasteiger charge is 2.17. The molecule has 0 amide bonds. The molecule has 22 heavy (non-hydrogen) atoms. The predicted octanol–water partition coefficient (Wildman–Crippen LogP) is 3.25. The molecule has 2 aromatic heterocycles. The van der Waals surface area contributed by atoms with Crippen LogP contribution in [0.25, 0.3) is 0 Å². The topological polar surface area (TPSA) is 57.7 Å². The fourth-order valence-electron chi connectivity index (χ4n) is 2.23. The maximum absolute atomic E-state index is 4.42. The van der Waals surface area contributed by atoms with E-state index in [9.17, 15) is 0 Å². The maximum Gasteiger partial charge on any atom is 0.130 e. The van der Waals surface area contributed by atoms with E-state index in [0.717, 1.165) is 35.9 Å². The van der Waals surface area contributed by atoms with E-state index in [1.54, 1.807) is 0 Å². The van der Waals surface area contributed by atoms with Gasteiger partial charge in [-0.1, -0.05) is 34.6 Å². The third-order valence-corrected chi connectivity index (χ3v) is 3.53. The Morgan fingerprint density at radius 1 is 1.14 bits per heavy atom. The molecule has 0 aromatic carbocycles. The lowest BCUT2D eigenvalue weighted by molar-refractivity contribution is 0.314. The summed E-state index contributed by atoms with van der Waals surface area (Å²) in [4.78, 5) is 11.1. The van der Waals surface area contributed by atoms with Gasteiger partial charge < -0.3 is 0 Å². The van der Waals surface area contributed by atoms with Crippen LogP contribution in [0.1, 0.15) is 63.3 Å². The Morgan fingerprint density at radius 2 is 1.77 bits per heavy atom. The van der Waals surface area contributed by atoms with Crippen molar-refractivity contribution in [3.8, 4) is 0 Å². The SMILES string of the molecule is CC(C)c1ncc(CN(C)Cc2cc(C(C)(C)C)n[nH]2)cn1. The Labute approximate surface area is 133 Å². The first kappa shape index (κ1) is 16.6. The van der Waals surface area contributed by atoms with Crippen molar-refractivity contribution in [2.75, 3.05) is 7.05 Å². The number of nitrogens with zero attached hydrogens (tertiary/aromatic N) is 4. The zero-order valence-corrected chi connectivity index (χ0v) is 14.5. The third kappa shape index (κ3) is 4.37. The van der Waals surface area contributed by atoms with Crippen molar-refractivity contribution in [1.29, 1.82) is 0 Å². The largest absolute Gasteiger partial charge is 0.296 e. The Kier molecular flexibility index (Phi) is 4.96. The number of nitrogens with one attached hydrogen (secondary N) is 1. The molecule has 1 N–H and O–H groups in total. The number of H-pyrrole nitrogens is 1. The summed E-state index contributed by atoms with van der Waals surface area (Å²) in [6, 6.07) is 2.15. The highest BCUT2D eigenvalue weighted by molar-refractivity contribution is 5.16. The lowest BCUT2D eigenvalue weighted by Gasteiger charge is -2.16. The van der Waals surface area contributed by atoms with Crippen LogP contribution >= 0.6 is 0 Å². The fourth-order valence-corrected chi connectivity index (χ4v) is 2.23. The molecular formula is C17H27N5. The zero-order valence-electron chi connectivity index (χ0n) is 14.5. The van der Waals surface area contributed by atoms with E-state index in [1.165, 1.54) is 0 Å². The number of aromatic nitrogens is 4. The van der Waals surface area contributed by atoms with E-state index in [-0.39, 0.29) is 5.41 Å². The van der Waals surface area contributed by atoms with Gasteiger partial charge in [0.05, 0.1) is 5.69 Å². The molecule has 5 heteroatoms. The van der Waals surface area contributed by atoms with E-state index in [1.807, 2.05) is 12.4 Å². The molecule has 120 valence electrons. The van der Waals surface area contributed by atoms with Crippen molar-refractivity contribution in [2.45, 2.75) is 59.0 Å². The van der Waals surface area contributed by atoms with Crippen molar-refractivity contribution in [3.63, 3.8) is 0 Å². The summed E-state index contributed by atoms with van der Waals surface area (Å²) in [7, 11) is 2.09. The smallest absolute Gasteiger partial charge is 0.130 e. The van der Waals surface area contributed by atoms with Crippen molar-refractivity contribution in [1.82, 2.24) is 25.1 Å². The minimum Gasteiger partial charge on any atom is -0.296 e. The van der Waals surface area contributed by atoms with E-state index in [4.69, 9.17) is 0 Å². The van der Waals surface area contributed by atoms with Gasteiger partial charge in [-0.3, -0.25) is 10.00 Å². The molecule has 2 aromatic rings. The van der Waals surface area contributed by atoms with Gasteiger partial charge in [-0.05, 0) is 13.1 Å². The number of rotatable bonds is 5. The molecular weight excluding hydrogens is 274 g/mol. The monoisotopic (exact) mass is 301 g/mol. The summed E-state index contributed by atoms with van der Waals surface area (Å²) in [6.07, 6.45) is 3.85. The van der Waals surface area contributed by atoms with Crippen LogP contribution in [0.5, 0.6) is 0 Å². The number of aromatic amines is 1. The first-order chi connectivity index (χ1) is 10.3. The second-order valence-corrected chi connectivity index (χ2v) is 7.30. The summed E-state index contributed by atoms with van der Waals surface area (Å²) in [6.45, 7) is 12.4. The molecule has 0 atom stereocenters. The van der Waals surface area contributed by atoms with Crippen molar-refractivity contribution in [3.05, 3.63) is 41.2 Å². The van der Waals surface area contributed by atoms with E-state index in [2.05, 4.69) is 72.8 Å². The van der Waals surface area contributed by atoms with Crippen LogP contribution in [0.15, 0.2) is 18.5 Å². The van der Waals surface area contributed by atoms with Gasteiger partial charge in [0.15, 0.2) is 0 Å². The summed E-state index contributed by atoms with van der Waals surface area (Å²) >= 11 is 0. The third-order valence-electron chi connectivity index (χ3n) is 3.53. The highest BCUT2D eigenvalue weighted by Crippen LogP contribution is 2.20. The second-order valence-electron chi connectivity index (χ2n) is 7.30. The van der Waals surface area contributed by atoms with Crippen LogP contribution in [-0.2, 0) is 18.5 Å². The molecule has 2 rings (SSSR count). The van der Waals surface area contributed by atoms with Crippen molar-refractivity contribution in [2.24, 2.45) is 0 Å². The fraction of sp³-hybridized carbons (Fsp3) is 0.588. The van der Waals surface area contributed by atoms with Gasteiger partial charge in [0.25, 0.3) is 0 Å². The molecule has 2 heterocycles. The average Bonchev–Trinajstić information content (AvgIpc) is 2.87. The molecule has 0 aliphatic carbocycles. The molecule has 0 saturated heterocycles. The van der Waals surface area contributed by atoms with E-state index < -0.39 is 0 Å². The normalized spacial score (nSPS) is 12.4. The Bertz CT molecular complexity index is 592. The van der Waals surface area contributed by atoms with Gasteiger partial charge in [0.1, 0.15) is 5.82 Å². The van der Waals surface area contributed by atoms with Crippen LogP contribution in [-0.4, -0.2) is 32.1 Å². The van der Waals surface area contributed by atoms with Crippen LogP contribution in [0.4, 0.5) is 0 Å². The Hall–Kier alpha value is -1.75.